The van der Waals surface area contributed by atoms with Crippen molar-refractivity contribution in [1.29, 1.82) is 0 Å². The molecule has 0 atom stereocenters. The summed E-state index contributed by atoms with van der Waals surface area (Å²) in [6.07, 6.45) is 0. The van der Waals surface area contributed by atoms with E-state index in [-0.39, 0.29) is 40.5 Å². The van der Waals surface area contributed by atoms with E-state index in [4.69, 9.17) is 0 Å². The van der Waals surface area contributed by atoms with Crippen LogP contribution in [0.25, 0.3) is 0 Å². The summed E-state index contributed by atoms with van der Waals surface area (Å²) in [7, 11) is 2.60. The van der Waals surface area contributed by atoms with Gasteiger partial charge >= 0.3 is 27.3 Å². The third-order valence-electron chi connectivity index (χ3n) is 0.524. The number of hydrogen-bond acceptors (Lipinski definition) is 6. The molecule has 0 heterocycles. The molecule has 0 unspecified atom stereocenters. The van der Waals surface area contributed by atoms with Gasteiger partial charge < -0.3 is 29.3 Å². The van der Waals surface area contributed by atoms with Gasteiger partial charge in [0, 0.05) is 14.2 Å². The summed E-state index contributed by atoms with van der Waals surface area (Å²) in [6, 6.07) is 0. The second-order valence-corrected chi connectivity index (χ2v) is 1.61. The monoisotopic (exact) mass is 292 g/mol. The van der Waals surface area contributed by atoms with E-state index in [0.29, 0.717) is 0 Å². The van der Waals surface area contributed by atoms with Gasteiger partial charge in [-0.1, -0.05) is 0 Å². The molecule has 0 spiro atoms. The molecule has 72 valence electrons. The molecule has 0 aliphatic heterocycles. The van der Waals surface area contributed by atoms with Gasteiger partial charge in [0.15, 0.2) is 0 Å². The smallest absolute Gasteiger partial charge is 0.548 e. The van der Waals surface area contributed by atoms with Crippen molar-refractivity contribution in [2.45, 2.75) is 0 Å². The van der Waals surface area contributed by atoms with Gasteiger partial charge in [0.2, 0.25) is 0 Å². The summed E-state index contributed by atoms with van der Waals surface area (Å²) in [6.45, 7) is -0.639. The van der Waals surface area contributed by atoms with E-state index < -0.39 is 11.9 Å². The van der Waals surface area contributed by atoms with Gasteiger partial charge in [-0.05, 0) is 0 Å². The number of carboxylic acids is 2. The van der Waals surface area contributed by atoms with Crippen molar-refractivity contribution in [1.82, 2.24) is 0 Å². The Labute approximate surface area is 96.0 Å². The van der Waals surface area contributed by atoms with E-state index in [1.54, 1.807) is 0 Å². The van der Waals surface area contributed by atoms with Crippen LogP contribution in [0.2, 0.25) is 0 Å². The average molecular weight is 291 g/mol. The molecule has 0 fully saturated rings. The van der Waals surface area contributed by atoms with Crippen LogP contribution in [0.4, 0.5) is 0 Å². The van der Waals surface area contributed by atoms with E-state index in [0.717, 1.165) is 0 Å². The number of aliphatic carboxylic acids is 2. The Bertz CT molecular complexity index is 121. The standard InChI is InChI=1S/2C3H6O3.Cd/c2*1-6-2-3(4)5;/h2*2H2,1H3,(H,4,5);/q;;+2/p-2. The van der Waals surface area contributed by atoms with Crippen LogP contribution in [0.5, 0.6) is 0 Å². The number of rotatable bonds is 4. The van der Waals surface area contributed by atoms with Crippen LogP contribution in [0, 0.1) is 0 Å². The Morgan fingerprint density at radius 1 is 1.00 bits per heavy atom. The molecule has 0 amide bonds. The zero-order chi connectivity index (χ0) is 9.98. The van der Waals surface area contributed by atoms with Crippen molar-refractivity contribution >= 4 is 11.9 Å². The number of methoxy groups -OCH3 is 2. The number of carboxylic acid groups (broad SMARTS) is 2. The first kappa shape index (κ1) is 18.5. The topological polar surface area (TPSA) is 98.7 Å². The Morgan fingerprint density at radius 3 is 1.23 bits per heavy atom. The number of hydrogen-bond donors (Lipinski definition) is 0. The summed E-state index contributed by atoms with van der Waals surface area (Å²) in [5.41, 5.74) is 0. The Morgan fingerprint density at radius 2 is 1.23 bits per heavy atom. The fourth-order valence-corrected chi connectivity index (χ4v) is 0.236. The molecule has 0 radical (unpaired) electrons. The third kappa shape index (κ3) is 33.7. The Balaban J connectivity index is -0.000000143. The minimum absolute atomic E-state index is 0. The largest absolute Gasteiger partial charge is 2.00 e. The van der Waals surface area contributed by atoms with Crippen molar-refractivity contribution in [2.75, 3.05) is 27.4 Å². The first-order valence-electron chi connectivity index (χ1n) is 2.92. The van der Waals surface area contributed by atoms with Crippen LogP contribution in [0.1, 0.15) is 0 Å². The Hall–Kier alpha value is -0.218. The zero-order valence-corrected chi connectivity index (χ0v) is 11.6. The second kappa shape index (κ2) is 14.3. The van der Waals surface area contributed by atoms with Gasteiger partial charge in [0.1, 0.15) is 0 Å². The second-order valence-electron chi connectivity index (χ2n) is 1.61. The van der Waals surface area contributed by atoms with Gasteiger partial charge in [0.25, 0.3) is 0 Å². The van der Waals surface area contributed by atoms with Crippen molar-refractivity contribution in [3.8, 4) is 0 Å². The van der Waals surface area contributed by atoms with Crippen LogP contribution in [-0.4, -0.2) is 39.4 Å². The van der Waals surface area contributed by atoms with E-state index in [1.165, 1.54) is 14.2 Å². The van der Waals surface area contributed by atoms with Crippen molar-refractivity contribution in [3.63, 3.8) is 0 Å². The molecule has 0 bridgehead atoms. The maximum absolute atomic E-state index is 9.36. The first-order chi connectivity index (χ1) is 5.54. The van der Waals surface area contributed by atoms with E-state index in [9.17, 15) is 19.8 Å². The minimum Gasteiger partial charge on any atom is -0.548 e. The Kier molecular flexibility index (Phi) is 20.4. The molecule has 6 nitrogen and oxygen atoms in total. The molecule has 0 aliphatic carbocycles. The van der Waals surface area contributed by atoms with Gasteiger partial charge in [0.05, 0.1) is 25.2 Å². The molecule has 0 saturated heterocycles. The third-order valence-corrected chi connectivity index (χ3v) is 0.524. The predicted octanol–water partition coefficient (Wildman–Crippen LogP) is -3.24. The summed E-state index contributed by atoms with van der Waals surface area (Å²) >= 11 is 0. The molecule has 7 heteroatoms. The van der Waals surface area contributed by atoms with E-state index >= 15 is 0 Å². The van der Waals surface area contributed by atoms with Gasteiger partial charge in [-0.2, -0.15) is 0 Å². The number of ether oxygens (including phenoxy) is 2. The van der Waals surface area contributed by atoms with Crippen LogP contribution >= 0.6 is 0 Å². The summed E-state index contributed by atoms with van der Waals surface area (Å²) in [5, 5.41) is 18.7. The van der Waals surface area contributed by atoms with E-state index in [1.807, 2.05) is 0 Å². The van der Waals surface area contributed by atoms with Crippen molar-refractivity contribution in [2.24, 2.45) is 0 Å². The summed E-state index contributed by atoms with van der Waals surface area (Å²) in [5.74, 6) is -2.37. The molecule has 0 N–H and O–H groups in total. The fourth-order valence-electron chi connectivity index (χ4n) is 0.236. The number of carbonyl (C=O) groups excluding carboxylic acids is 2. The summed E-state index contributed by atoms with van der Waals surface area (Å²) in [4.78, 5) is 18.7. The molecular weight excluding hydrogens is 280 g/mol. The van der Waals surface area contributed by atoms with Gasteiger partial charge in [-0.15, -0.1) is 0 Å². The van der Waals surface area contributed by atoms with Crippen molar-refractivity contribution in [3.05, 3.63) is 0 Å². The van der Waals surface area contributed by atoms with Crippen LogP contribution in [0.3, 0.4) is 0 Å². The zero-order valence-electron chi connectivity index (χ0n) is 7.57. The maximum atomic E-state index is 9.36. The van der Waals surface area contributed by atoms with Gasteiger partial charge in [-0.3, -0.25) is 0 Å². The quantitative estimate of drug-likeness (QED) is 0.505. The minimum atomic E-state index is -1.18. The predicted molar refractivity (Wildman–Crippen MR) is 33.8 cm³/mol. The van der Waals surface area contributed by atoms with Crippen LogP contribution < -0.4 is 10.2 Å². The molecular formula is C6H10CdO6. The maximum Gasteiger partial charge on any atom is 2.00 e. The number of carbonyl (C=O) groups is 2. The average Bonchev–Trinajstić information content (AvgIpc) is 1.87. The molecule has 0 aromatic heterocycles. The van der Waals surface area contributed by atoms with Crippen LogP contribution in [0.15, 0.2) is 0 Å². The molecule has 0 aliphatic rings. The van der Waals surface area contributed by atoms with Crippen LogP contribution in [-0.2, 0) is 46.4 Å². The van der Waals surface area contributed by atoms with Gasteiger partial charge in [-0.25, -0.2) is 0 Å². The molecule has 0 saturated carbocycles. The van der Waals surface area contributed by atoms with E-state index in [2.05, 4.69) is 9.47 Å². The van der Waals surface area contributed by atoms with Crippen molar-refractivity contribution < 1.29 is 56.6 Å². The molecule has 13 heavy (non-hydrogen) atoms. The molecule has 0 aromatic carbocycles. The normalized spacial score (nSPS) is 7.54. The fraction of sp³-hybridized carbons (Fsp3) is 0.667. The summed E-state index contributed by atoms with van der Waals surface area (Å²) < 4.78 is 8.28. The molecule has 0 rings (SSSR count). The first-order valence-corrected chi connectivity index (χ1v) is 2.92. The molecule has 0 aromatic rings. The SMILES string of the molecule is COCC(=O)[O-].COCC(=O)[O-].[Cd+2].